The van der Waals surface area contributed by atoms with E-state index in [2.05, 4.69) is 210 Å². The average molecular weight is 769 g/mol. The Balaban J connectivity index is 1.18. The monoisotopic (exact) mass is 768 g/mol. The molecular weight excluding hydrogens is 713 g/mol. The number of aryl methyl sites for hydroxylation is 2. The van der Waals surface area contributed by atoms with E-state index in [9.17, 15) is 0 Å². The molecule has 0 saturated carbocycles. The van der Waals surface area contributed by atoms with Gasteiger partial charge in [-0.15, -0.1) is 0 Å². The second-order valence-corrected chi connectivity index (χ2v) is 18.6. The molecule has 3 aliphatic rings. The summed E-state index contributed by atoms with van der Waals surface area (Å²) in [4.78, 5) is 6.38. The van der Waals surface area contributed by atoms with E-state index in [1.165, 1.54) is 70.9 Å². The lowest BCUT2D eigenvalue weighted by molar-refractivity contribution is -0.433. The van der Waals surface area contributed by atoms with Crippen molar-refractivity contribution in [3.8, 4) is 5.75 Å². The molecule has 5 aromatic rings. The molecule has 0 saturated heterocycles. The fourth-order valence-corrected chi connectivity index (χ4v) is 11.0. The van der Waals surface area contributed by atoms with Gasteiger partial charge in [-0.1, -0.05) is 91.7 Å². The summed E-state index contributed by atoms with van der Waals surface area (Å²) >= 11 is 0. The summed E-state index contributed by atoms with van der Waals surface area (Å²) in [5, 5.41) is 0. The lowest BCUT2D eigenvalue weighted by Crippen LogP contribution is -2.27. The standard InChI is InChI=1S/C53H56N2OS/c1-9-54-47-17-13-11-15-45(47)52(5,6)49(54)35-25-39-23-24-40(26-36-50-53(7,8)46-16-12-14-18-48(46)55(50)10-2)51(39)56-41-27-33-44(34-28-41)57(42-29-19-37(3)20-30-42)43-31-21-38(4)22-32-43/h11-22,25-36H,9-10,23-24H2,1-8H3/q+2. The van der Waals surface area contributed by atoms with Crippen LogP contribution in [0.15, 0.2) is 183 Å². The molecule has 0 atom stereocenters. The molecule has 0 amide bonds. The van der Waals surface area contributed by atoms with Gasteiger partial charge in [-0.05, 0) is 138 Å². The minimum Gasteiger partial charge on any atom is -0.457 e. The second-order valence-electron chi connectivity index (χ2n) is 16.6. The molecule has 4 heteroatoms. The Morgan fingerprint density at radius 3 is 1.84 bits per heavy atom. The summed E-state index contributed by atoms with van der Waals surface area (Å²) in [6, 6.07) is 44.6. The largest absolute Gasteiger partial charge is 0.457 e. The molecule has 8 rings (SSSR count). The zero-order chi connectivity index (χ0) is 39.9. The maximum Gasteiger partial charge on any atom is 0.209 e. The quantitative estimate of drug-likeness (QED) is 0.104. The summed E-state index contributed by atoms with van der Waals surface area (Å²) in [7, 11) is -0.234. The SMILES string of the molecule is CCN1/C(=C/C=C2\CCC(/C=C/C3=[N+](CC)c4ccccc4C3(C)C)=C2Oc2ccc([S+](c3ccc(C)cc3)c3ccc(C)cc3)cc2)C(C)(C)c2ccccc21. The maximum absolute atomic E-state index is 7.04. The summed E-state index contributed by atoms with van der Waals surface area (Å²) in [6.07, 6.45) is 11.2. The van der Waals surface area contributed by atoms with Crippen molar-refractivity contribution in [2.24, 2.45) is 0 Å². The Labute approximate surface area is 343 Å². The molecule has 0 fully saturated rings. The maximum atomic E-state index is 7.04. The Hall–Kier alpha value is -5.32. The Kier molecular flexibility index (Phi) is 10.5. The fourth-order valence-electron chi connectivity index (χ4n) is 8.99. The first-order chi connectivity index (χ1) is 27.5. The second kappa shape index (κ2) is 15.6. The van der Waals surface area contributed by atoms with Crippen LogP contribution in [-0.4, -0.2) is 23.4 Å². The van der Waals surface area contributed by atoms with Gasteiger partial charge in [0.1, 0.15) is 18.1 Å². The van der Waals surface area contributed by atoms with Gasteiger partial charge in [-0.25, -0.2) is 0 Å². The van der Waals surface area contributed by atoms with Gasteiger partial charge in [-0.3, -0.25) is 0 Å². The van der Waals surface area contributed by atoms with E-state index in [1.54, 1.807) is 0 Å². The molecule has 2 heterocycles. The minimum absolute atomic E-state index is 0.0961. The molecular formula is C53H56N2OS+2. The Morgan fingerprint density at radius 2 is 1.23 bits per heavy atom. The summed E-state index contributed by atoms with van der Waals surface area (Å²) < 4.78 is 9.51. The number of allylic oxidation sites excluding steroid dienone is 7. The van der Waals surface area contributed by atoms with Crippen molar-refractivity contribution in [3.63, 3.8) is 0 Å². The molecule has 1 aliphatic carbocycles. The van der Waals surface area contributed by atoms with Crippen molar-refractivity contribution in [3.05, 3.63) is 190 Å². The highest BCUT2D eigenvalue weighted by Gasteiger charge is 2.44. The van der Waals surface area contributed by atoms with Gasteiger partial charge >= 0.3 is 0 Å². The number of nitrogens with zero attached hydrogens (tertiary/aromatic N) is 2. The van der Waals surface area contributed by atoms with Gasteiger partial charge < -0.3 is 9.64 Å². The highest BCUT2D eigenvalue weighted by molar-refractivity contribution is 7.97. The van der Waals surface area contributed by atoms with Crippen LogP contribution in [0.4, 0.5) is 11.4 Å². The lowest BCUT2D eigenvalue weighted by atomic mass is 9.81. The first-order valence-corrected chi connectivity index (χ1v) is 21.8. The molecule has 288 valence electrons. The number of benzene rings is 5. The van der Waals surface area contributed by atoms with Gasteiger partial charge in [0.2, 0.25) is 5.69 Å². The summed E-state index contributed by atoms with van der Waals surface area (Å²) in [5.41, 5.74) is 12.9. The molecule has 0 radical (unpaired) electrons. The van der Waals surface area contributed by atoms with Crippen molar-refractivity contribution in [2.45, 2.75) is 93.7 Å². The predicted molar refractivity (Wildman–Crippen MR) is 241 cm³/mol. The zero-order valence-electron chi connectivity index (χ0n) is 34.9. The third kappa shape index (κ3) is 7.14. The van der Waals surface area contributed by atoms with E-state index in [-0.39, 0.29) is 21.7 Å². The number of ether oxygens (including phenoxy) is 1. The van der Waals surface area contributed by atoms with Crippen molar-refractivity contribution in [2.75, 3.05) is 18.0 Å². The van der Waals surface area contributed by atoms with Gasteiger partial charge in [0.05, 0.1) is 16.3 Å². The lowest BCUT2D eigenvalue weighted by Gasteiger charge is -2.26. The normalized spacial score (nSPS) is 18.4. The molecule has 0 bridgehead atoms. The molecule has 0 unspecified atom stereocenters. The smallest absolute Gasteiger partial charge is 0.209 e. The third-order valence-electron chi connectivity index (χ3n) is 12.2. The van der Waals surface area contributed by atoms with E-state index in [4.69, 9.17) is 4.74 Å². The first-order valence-electron chi connectivity index (χ1n) is 20.6. The summed E-state index contributed by atoms with van der Waals surface area (Å²) in [6.45, 7) is 20.0. The van der Waals surface area contributed by atoms with E-state index >= 15 is 0 Å². The van der Waals surface area contributed by atoms with Gasteiger partial charge in [0.25, 0.3) is 0 Å². The van der Waals surface area contributed by atoms with Gasteiger partial charge in [-0.2, -0.15) is 4.58 Å². The van der Waals surface area contributed by atoms with Crippen LogP contribution in [0.1, 0.15) is 76.6 Å². The van der Waals surface area contributed by atoms with Gasteiger partial charge in [0.15, 0.2) is 20.4 Å². The predicted octanol–water partition coefficient (Wildman–Crippen LogP) is 13.1. The van der Waals surface area contributed by atoms with Crippen molar-refractivity contribution in [1.82, 2.24) is 0 Å². The van der Waals surface area contributed by atoms with Crippen LogP contribution < -0.4 is 9.64 Å². The van der Waals surface area contributed by atoms with Crippen LogP contribution >= 0.6 is 0 Å². The van der Waals surface area contributed by atoms with E-state index in [0.717, 1.165) is 37.4 Å². The van der Waals surface area contributed by atoms with Crippen LogP contribution in [0, 0.1) is 13.8 Å². The number of rotatable bonds is 10. The van der Waals surface area contributed by atoms with Gasteiger partial charge in [0, 0.05) is 41.1 Å². The van der Waals surface area contributed by atoms with E-state index in [0.29, 0.717) is 0 Å². The minimum atomic E-state index is -0.234. The highest BCUT2D eigenvalue weighted by atomic mass is 32.2. The number of anilines is 1. The van der Waals surface area contributed by atoms with E-state index in [1.807, 2.05) is 0 Å². The first kappa shape index (κ1) is 38.5. The number of hydrogen-bond donors (Lipinski definition) is 0. The van der Waals surface area contributed by atoms with Crippen molar-refractivity contribution in [1.29, 1.82) is 0 Å². The number of fused-ring (bicyclic) bond motifs is 2. The van der Waals surface area contributed by atoms with E-state index < -0.39 is 0 Å². The topological polar surface area (TPSA) is 15.5 Å². The fraction of sp³-hybridized carbons (Fsp3) is 0.264. The van der Waals surface area contributed by atoms with Crippen LogP contribution in [0.2, 0.25) is 0 Å². The highest BCUT2D eigenvalue weighted by Crippen LogP contribution is 2.48. The van der Waals surface area contributed by atoms with Crippen molar-refractivity contribution >= 4 is 28.0 Å². The zero-order valence-corrected chi connectivity index (χ0v) is 35.7. The molecule has 57 heavy (non-hydrogen) atoms. The Morgan fingerprint density at radius 1 is 0.649 bits per heavy atom. The Bertz CT molecular complexity index is 2410. The van der Waals surface area contributed by atoms with Crippen LogP contribution in [0.25, 0.3) is 0 Å². The van der Waals surface area contributed by atoms with Crippen LogP contribution in [0.5, 0.6) is 5.75 Å². The van der Waals surface area contributed by atoms with Crippen LogP contribution in [-0.2, 0) is 21.7 Å². The number of likely N-dealkylation sites (N-methyl/N-ethyl adjacent to an activating group) is 1. The number of para-hydroxylation sites is 2. The summed E-state index contributed by atoms with van der Waals surface area (Å²) in [5.74, 6) is 1.83. The average Bonchev–Trinajstić information content (AvgIpc) is 3.78. The van der Waals surface area contributed by atoms with Crippen LogP contribution in [0.3, 0.4) is 0 Å². The van der Waals surface area contributed by atoms with Crippen molar-refractivity contribution < 1.29 is 9.31 Å². The molecule has 0 spiro atoms. The third-order valence-corrected chi connectivity index (χ3v) is 14.4. The molecule has 0 N–H and O–H groups in total. The molecule has 0 aromatic heterocycles. The molecule has 3 nitrogen and oxygen atoms in total. The molecule has 2 aliphatic heterocycles. The molecule has 5 aromatic carbocycles. The number of hydrogen-bond acceptors (Lipinski definition) is 2.